The van der Waals surface area contributed by atoms with Crippen molar-refractivity contribution >= 4 is 10.0 Å². The first-order valence-corrected chi connectivity index (χ1v) is 11.8. The molecular weight excluding hydrogens is 396 g/mol. The van der Waals surface area contributed by atoms with Gasteiger partial charge in [0.05, 0.1) is 10.6 Å². The van der Waals surface area contributed by atoms with Crippen LogP contribution in [0.5, 0.6) is 0 Å². The molecular formula is C23H28N4O2S. The normalized spacial score (nSPS) is 16.4. The summed E-state index contributed by atoms with van der Waals surface area (Å²) in [5, 5.41) is 0. The van der Waals surface area contributed by atoms with Gasteiger partial charge in [0, 0.05) is 43.8 Å². The zero-order valence-corrected chi connectivity index (χ0v) is 18.1. The van der Waals surface area contributed by atoms with Gasteiger partial charge in [0.15, 0.2) is 0 Å². The SMILES string of the molecule is Cc1cccc(CN2CCCN(Cc3cccn3S(=O)(=O)c3ccccc3)CC2)n1. The van der Waals surface area contributed by atoms with Crippen LogP contribution in [0, 0.1) is 6.92 Å². The zero-order valence-electron chi connectivity index (χ0n) is 17.3. The molecule has 0 unspecified atom stereocenters. The predicted octanol–water partition coefficient (Wildman–Crippen LogP) is 3.14. The molecule has 7 heteroatoms. The second-order valence-electron chi connectivity index (χ2n) is 7.79. The molecule has 1 aliphatic heterocycles. The van der Waals surface area contributed by atoms with Gasteiger partial charge in [0.2, 0.25) is 0 Å². The van der Waals surface area contributed by atoms with Crippen molar-refractivity contribution < 1.29 is 8.42 Å². The van der Waals surface area contributed by atoms with E-state index in [0.29, 0.717) is 11.4 Å². The summed E-state index contributed by atoms with van der Waals surface area (Å²) in [5.74, 6) is 0. The number of hydrogen-bond acceptors (Lipinski definition) is 5. The third-order valence-corrected chi connectivity index (χ3v) is 7.23. The van der Waals surface area contributed by atoms with Crippen LogP contribution in [0.2, 0.25) is 0 Å². The lowest BCUT2D eigenvalue weighted by molar-refractivity contribution is 0.243. The molecule has 1 saturated heterocycles. The van der Waals surface area contributed by atoms with Gasteiger partial charge in [-0.25, -0.2) is 12.4 Å². The Balaban J connectivity index is 1.42. The van der Waals surface area contributed by atoms with E-state index in [1.54, 1.807) is 30.5 Å². The molecule has 1 aliphatic rings. The molecule has 4 rings (SSSR count). The molecule has 0 spiro atoms. The van der Waals surface area contributed by atoms with E-state index in [-0.39, 0.29) is 0 Å². The highest BCUT2D eigenvalue weighted by Crippen LogP contribution is 2.18. The summed E-state index contributed by atoms with van der Waals surface area (Å²) >= 11 is 0. The number of nitrogens with zero attached hydrogens (tertiary/aromatic N) is 4. The van der Waals surface area contributed by atoms with Crippen LogP contribution in [0.25, 0.3) is 0 Å². The molecule has 30 heavy (non-hydrogen) atoms. The van der Waals surface area contributed by atoms with E-state index in [2.05, 4.69) is 26.9 Å². The summed E-state index contributed by atoms with van der Waals surface area (Å²) in [6.07, 6.45) is 2.70. The summed E-state index contributed by atoms with van der Waals surface area (Å²) in [4.78, 5) is 9.71. The van der Waals surface area contributed by atoms with Gasteiger partial charge in [0.25, 0.3) is 10.0 Å². The maximum atomic E-state index is 13.0. The number of hydrogen-bond donors (Lipinski definition) is 0. The van der Waals surface area contributed by atoms with Gasteiger partial charge in [-0.05, 0) is 62.8 Å². The topological polar surface area (TPSA) is 58.4 Å². The van der Waals surface area contributed by atoms with Gasteiger partial charge >= 0.3 is 0 Å². The van der Waals surface area contributed by atoms with Gasteiger partial charge in [-0.15, -0.1) is 0 Å². The minimum Gasteiger partial charge on any atom is -0.296 e. The maximum Gasteiger partial charge on any atom is 0.267 e. The molecule has 0 atom stereocenters. The molecule has 0 amide bonds. The van der Waals surface area contributed by atoms with Crippen molar-refractivity contribution in [2.45, 2.75) is 31.3 Å². The van der Waals surface area contributed by atoms with Crippen LogP contribution in [0.3, 0.4) is 0 Å². The summed E-state index contributed by atoms with van der Waals surface area (Å²) in [5.41, 5.74) is 2.95. The Morgan fingerprint density at radius 2 is 1.57 bits per heavy atom. The minimum atomic E-state index is -3.57. The third-order valence-electron chi connectivity index (χ3n) is 5.49. The Labute approximate surface area is 178 Å². The van der Waals surface area contributed by atoms with Crippen molar-refractivity contribution in [2.24, 2.45) is 0 Å². The quantitative estimate of drug-likeness (QED) is 0.608. The molecule has 1 fully saturated rings. The smallest absolute Gasteiger partial charge is 0.267 e. The van der Waals surface area contributed by atoms with Crippen LogP contribution in [0.1, 0.15) is 23.5 Å². The van der Waals surface area contributed by atoms with E-state index in [9.17, 15) is 8.42 Å². The fourth-order valence-electron chi connectivity index (χ4n) is 3.95. The molecule has 1 aromatic carbocycles. The summed E-state index contributed by atoms with van der Waals surface area (Å²) in [6, 6.07) is 18.5. The Kier molecular flexibility index (Phi) is 6.32. The van der Waals surface area contributed by atoms with Crippen molar-refractivity contribution in [3.63, 3.8) is 0 Å². The highest BCUT2D eigenvalue weighted by atomic mass is 32.2. The molecule has 0 N–H and O–H groups in total. The lowest BCUT2D eigenvalue weighted by atomic mass is 10.3. The van der Waals surface area contributed by atoms with Crippen LogP contribution >= 0.6 is 0 Å². The Morgan fingerprint density at radius 3 is 2.30 bits per heavy atom. The molecule has 0 aliphatic carbocycles. The number of pyridine rings is 1. The van der Waals surface area contributed by atoms with Gasteiger partial charge in [0.1, 0.15) is 0 Å². The van der Waals surface area contributed by atoms with Crippen LogP contribution < -0.4 is 0 Å². The molecule has 2 aromatic heterocycles. The van der Waals surface area contributed by atoms with E-state index in [1.165, 1.54) is 3.97 Å². The molecule has 0 bridgehead atoms. The van der Waals surface area contributed by atoms with Crippen molar-refractivity contribution in [3.05, 3.63) is 83.9 Å². The van der Waals surface area contributed by atoms with Crippen LogP contribution in [-0.4, -0.2) is 53.4 Å². The Morgan fingerprint density at radius 1 is 0.833 bits per heavy atom. The molecule has 0 radical (unpaired) electrons. The van der Waals surface area contributed by atoms with E-state index >= 15 is 0 Å². The first-order valence-electron chi connectivity index (χ1n) is 10.4. The van der Waals surface area contributed by atoms with Crippen molar-refractivity contribution in [2.75, 3.05) is 26.2 Å². The maximum absolute atomic E-state index is 13.0. The van der Waals surface area contributed by atoms with Crippen molar-refractivity contribution in [1.82, 2.24) is 18.8 Å². The third kappa shape index (κ3) is 4.80. The molecule has 3 heterocycles. The standard InChI is InChI=1S/C23H28N4O2S/c1-20-8-5-9-21(24-20)18-25-13-7-14-26(17-16-25)19-22-10-6-15-27(22)30(28,29)23-11-3-2-4-12-23/h2-6,8-12,15H,7,13-14,16-19H2,1H3. The van der Waals surface area contributed by atoms with E-state index in [1.807, 2.05) is 31.2 Å². The lowest BCUT2D eigenvalue weighted by Crippen LogP contribution is -2.31. The van der Waals surface area contributed by atoms with Gasteiger partial charge < -0.3 is 0 Å². The van der Waals surface area contributed by atoms with Gasteiger partial charge in [-0.3, -0.25) is 14.8 Å². The second kappa shape index (κ2) is 9.12. The summed E-state index contributed by atoms with van der Waals surface area (Å²) in [6.45, 7) is 7.32. The molecule has 0 saturated carbocycles. The molecule has 3 aromatic rings. The first-order chi connectivity index (χ1) is 14.5. The van der Waals surface area contributed by atoms with Crippen molar-refractivity contribution in [3.8, 4) is 0 Å². The van der Waals surface area contributed by atoms with Crippen LogP contribution in [0.4, 0.5) is 0 Å². The second-order valence-corrected chi connectivity index (χ2v) is 9.60. The van der Waals surface area contributed by atoms with E-state index in [0.717, 1.165) is 56.2 Å². The number of aromatic nitrogens is 2. The van der Waals surface area contributed by atoms with E-state index < -0.39 is 10.0 Å². The number of benzene rings is 1. The van der Waals surface area contributed by atoms with Crippen LogP contribution in [0.15, 0.2) is 71.8 Å². The van der Waals surface area contributed by atoms with Crippen LogP contribution in [-0.2, 0) is 23.1 Å². The summed E-state index contributed by atoms with van der Waals surface area (Å²) in [7, 11) is -3.57. The molecule has 158 valence electrons. The highest BCUT2D eigenvalue weighted by molar-refractivity contribution is 7.90. The fraction of sp³-hybridized carbons (Fsp3) is 0.348. The van der Waals surface area contributed by atoms with Gasteiger partial charge in [-0.1, -0.05) is 24.3 Å². The number of aryl methyl sites for hydroxylation is 1. The Bertz CT molecular complexity index is 1080. The monoisotopic (exact) mass is 424 g/mol. The predicted molar refractivity (Wildman–Crippen MR) is 118 cm³/mol. The summed E-state index contributed by atoms with van der Waals surface area (Å²) < 4.78 is 27.5. The average Bonchev–Trinajstić information content (AvgIpc) is 3.10. The Hall–Kier alpha value is -2.48. The molecule has 6 nitrogen and oxygen atoms in total. The first kappa shape index (κ1) is 20.8. The average molecular weight is 425 g/mol. The highest BCUT2D eigenvalue weighted by Gasteiger charge is 2.21. The van der Waals surface area contributed by atoms with E-state index in [4.69, 9.17) is 0 Å². The number of rotatable bonds is 6. The van der Waals surface area contributed by atoms with Crippen molar-refractivity contribution in [1.29, 1.82) is 0 Å². The zero-order chi connectivity index (χ0) is 21.0. The fourth-order valence-corrected chi connectivity index (χ4v) is 5.34. The minimum absolute atomic E-state index is 0.315. The van der Waals surface area contributed by atoms with Gasteiger partial charge in [-0.2, -0.15) is 0 Å². The lowest BCUT2D eigenvalue weighted by Gasteiger charge is -2.22. The largest absolute Gasteiger partial charge is 0.296 e.